The average molecular weight is 583 g/mol. The Morgan fingerprint density at radius 2 is 1.74 bits per heavy atom. The quantitative estimate of drug-likeness (QED) is 0.307. The molecule has 1 amide bonds. The standard InChI is InChI=1S/C34H38N4O5/c1-24-32(41)31(33(42)35-21-30(40)43-22-26-8-4-2-5-9-26)37-29(36-24)20-25-14-18-38(19-15-25)34(23-39)16-12-28(13-17-34)27-10-6-3-7-11-27/h2-13,16,25,39,41H,14-15,17-23H2,1H3,(H,35,42). The van der Waals surface area contributed by atoms with Gasteiger partial charge in [0.1, 0.15) is 19.0 Å². The molecule has 3 N–H and O–H groups in total. The van der Waals surface area contributed by atoms with Gasteiger partial charge in [0, 0.05) is 6.42 Å². The Morgan fingerprint density at radius 1 is 1.05 bits per heavy atom. The molecule has 0 saturated carbocycles. The fourth-order valence-electron chi connectivity index (χ4n) is 5.70. The molecular weight excluding hydrogens is 544 g/mol. The molecule has 43 heavy (non-hydrogen) atoms. The van der Waals surface area contributed by atoms with E-state index in [2.05, 4.69) is 50.5 Å². The maximum atomic E-state index is 12.8. The molecule has 1 saturated heterocycles. The van der Waals surface area contributed by atoms with Gasteiger partial charge in [0.15, 0.2) is 11.4 Å². The first-order chi connectivity index (χ1) is 20.9. The molecule has 1 aromatic heterocycles. The first-order valence-corrected chi connectivity index (χ1v) is 14.7. The number of aryl methyl sites for hydroxylation is 1. The van der Waals surface area contributed by atoms with Crippen LogP contribution < -0.4 is 5.32 Å². The minimum Gasteiger partial charge on any atom is -0.504 e. The second-order valence-electron chi connectivity index (χ2n) is 11.2. The molecule has 1 fully saturated rings. The summed E-state index contributed by atoms with van der Waals surface area (Å²) in [5.41, 5.74) is 2.93. The molecule has 1 aliphatic carbocycles. The van der Waals surface area contributed by atoms with Crippen LogP contribution in [0.4, 0.5) is 0 Å². The number of hydrogen-bond donors (Lipinski definition) is 3. The van der Waals surface area contributed by atoms with Crippen molar-refractivity contribution in [1.29, 1.82) is 0 Å². The summed E-state index contributed by atoms with van der Waals surface area (Å²) in [7, 11) is 0. The van der Waals surface area contributed by atoms with Crippen molar-refractivity contribution in [3.05, 3.63) is 107 Å². The van der Waals surface area contributed by atoms with Crippen molar-refractivity contribution in [2.75, 3.05) is 26.2 Å². The molecule has 0 radical (unpaired) electrons. The Morgan fingerprint density at radius 3 is 2.40 bits per heavy atom. The highest BCUT2D eigenvalue weighted by atomic mass is 16.5. The fourth-order valence-corrected chi connectivity index (χ4v) is 5.70. The Balaban J connectivity index is 1.14. The number of nitrogens with zero attached hydrogens (tertiary/aromatic N) is 3. The normalized spacial score (nSPS) is 19.1. The highest BCUT2D eigenvalue weighted by Gasteiger charge is 2.37. The van der Waals surface area contributed by atoms with Crippen molar-refractivity contribution < 1.29 is 24.5 Å². The number of carbonyl (C=O) groups is 2. The van der Waals surface area contributed by atoms with Crippen molar-refractivity contribution in [2.45, 2.75) is 44.8 Å². The zero-order valence-corrected chi connectivity index (χ0v) is 24.4. The molecule has 224 valence electrons. The number of aromatic nitrogens is 2. The number of aliphatic hydroxyl groups excluding tert-OH is 1. The van der Waals surface area contributed by atoms with E-state index in [1.54, 1.807) is 6.92 Å². The van der Waals surface area contributed by atoms with E-state index >= 15 is 0 Å². The van der Waals surface area contributed by atoms with Crippen LogP contribution in [0.2, 0.25) is 0 Å². The maximum absolute atomic E-state index is 12.8. The Bertz CT molecular complexity index is 1480. The van der Waals surface area contributed by atoms with E-state index in [4.69, 9.17) is 4.74 Å². The van der Waals surface area contributed by atoms with Gasteiger partial charge in [-0.3, -0.25) is 14.5 Å². The van der Waals surface area contributed by atoms with Crippen molar-refractivity contribution in [1.82, 2.24) is 20.2 Å². The Hall–Kier alpha value is -4.34. The number of likely N-dealkylation sites (tertiary alicyclic amines) is 1. The zero-order valence-electron chi connectivity index (χ0n) is 24.4. The van der Waals surface area contributed by atoms with Gasteiger partial charge in [-0.25, -0.2) is 9.97 Å². The SMILES string of the molecule is Cc1nc(CC2CCN(C3(CO)C=CC(c4ccccc4)=CC3)CC2)nc(C(=O)NCC(=O)OCc2ccccc2)c1O. The molecule has 1 unspecified atom stereocenters. The van der Waals surface area contributed by atoms with Crippen LogP contribution in [0.3, 0.4) is 0 Å². The number of carbonyl (C=O) groups excluding carboxylic acids is 2. The minimum atomic E-state index is -0.660. The summed E-state index contributed by atoms with van der Waals surface area (Å²) in [6.07, 6.45) is 9.56. The monoisotopic (exact) mass is 582 g/mol. The molecule has 0 bridgehead atoms. The summed E-state index contributed by atoms with van der Waals surface area (Å²) in [4.78, 5) is 36.1. The smallest absolute Gasteiger partial charge is 0.325 e. The minimum absolute atomic E-state index is 0.0469. The van der Waals surface area contributed by atoms with Crippen LogP contribution in [0.15, 0.2) is 78.9 Å². The van der Waals surface area contributed by atoms with E-state index < -0.39 is 17.4 Å². The van der Waals surface area contributed by atoms with Crippen molar-refractivity contribution in [3.63, 3.8) is 0 Å². The largest absolute Gasteiger partial charge is 0.504 e. The van der Waals surface area contributed by atoms with Crippen LogP contribution in [-0.4, -0.2) is 68.7 Å². The lowest BCUT2D eigenvalue weighted by Gasteiger charge is -2.45. The predicted molar refractivity (Wildman–Crippen MR) is 163 cm³/mol. The van der Waals surface area contributed by atoms with Crippen LogP contribution >= 0.6 is 0 Å². The lowest BCUT2D eigenvalue weighted by atomic mass is 9.83. The highest BCUT2D eigenvalue weighted by molar-refractivity contribution is 5.96. The molecule has 5 rings (SSSR count). The van der Waals surface area contributed by atoms with E-state index in [9.17, 15) is 19.8 Å². The van der Waals surface area contributed by atoms with Gasteiger partial charge in [-0.05, 0) is 61.9 Å². The van der Waals surface area contributed by atoms with Crippen LogP contribution in [0.25, 0.3) is 5.57 Å². The molecule has 1 atom stereocenters. The van der Waals surface area contributed by atoms with E-state index in [0.717, 1.165) is 37.9 Å². The molecule has 2 aliphatic rings. The van der Waals surface area contributed by atoms with Gasteiger partial charge in [-0.1, -0.05) is 78.9 Å². The van der Waals surface area contributed by atoms with Crippen molar-refractivity contribution in [2.24, 2.45) is 5.92 Å². The summed E-state index contributed by atoms with van der Waals surface area (Å²) in [5, 5.41) is 23.4. The first kappa shape index (κ1) is 30.1. The summed E-state index contributed by atoms with van der Waals surface area (Å²) in [6.45, 7) is 3.08. The third-order valence-electron chi connectivity index (χ3n) is 8.30. The van der Waals surface area contributed by atoms with Gasteiger partial charge < -0.3 is 20.3 Å². The molecule has 1 aliphatic heterocycles. The summed E-state index contributed by atoms with van der Waals surface area (Å²) in [6, 6.07) is 19.5. The Kier molecular flexibility index (Phi) is 9.64. The molecule has 9 heteroatoms. The summed E-state index contributed by atoms with van der Waals surface area (Å²) < 4.78 is 5.21. The summed E-state index contributed by atoms with van der Waals surface area (Å²) in [5.74, 6) is -0.772. The zero-order chi connectivity index (χ0) is 30.2. The second kappa shape index (κ2) is 13.8. The van der Waals surface area contributed by atoms with Gasteiger partial charge in [-0.15, -0.1) is 0 Å². The number of aromatic hydroxyl groups is 1. The topological polar surface area (TPSA) is 125 Å². The molecular formula is C34H38N4O5. The molecule has 2 aromatic carbocycles. The van der Waals surface area contributed by atoms with Crippen molar-refractivity contribution in [3.8, 4) is 5.75 Å². The number of nitrogens with one attached hydrogen (secondary N) is 1. The number of benzene rings is 2. The van der Waals surface area contributed by atoms with Gasteiger partial charge in [-0.2, -0.15) is 0 Å². The van der Waals surface area contributed by atoms with Crippen LogP contribution in [0.1, 0.15) is 52.4 Å². The van der Waals surface area contributed by atoms with Gasteiger partial charge in [0.25, 0.3) is 5.91 Å². The number of piperidine rings is 1. The number of aliphatic hydroxyl groups is 1. The molecule has 9 nitrogen and oxygen atoms in total. The lowest BCUT2D eigenvalue weighted by Crippen LogP contribution is -2.53. The number of ether oxygens (including phenoxy) is 1. The highest BCUT2D eigenvalue weighted by Crippen LogP contribution is 2.34. The van der Waals surface area contributed by atoms with Crippen LogP contribution in [0, 0.1) is 12.8 Å². The maximum Gasteiger partial charge on any atom is 0.325 e. The number of hydrogen-bond acceptors (Lipinski definition) is 8. The molecule has 2 heterocycles. The van der Waals surface area contributed by atoms with E-state index in [0.29, 0.717) is 23.9 Å². The number of esters is 1. The van der Waals surface area contributed by atoms with Gasteiger partial charge in [0.2, 0.25) is 0 Å². The lowest BCUT2D eigenvalue weighted by molar-refractivity contribution is -0.143. The number of rotatable bonds is 10. The number of amides is 1. The first-order valence-electron chi connectivity index (χ1n) is 14.7. The third kappa shape index (κ3) is 7.36. The van der Waals surface area contributed by atoms with E-state index in [-0.39, 0.29) is 31.2 Å². The van der Waals surface area contributed by atoms with Gasteiger partial charge in [0.05, 0.1) is 17.8 Å². The third-order valence-corrected chi connectivity index (χ3v) is 8.30. The van der Waals surface area contributed by atoms with Gasteiger partial charge >= 0.3 is 5.97 Å². The van der Waals surface area contributed by atoms with E-state index in [1.807, 2.05) is 48.5 Å². The van der Waals surface area contributed by atoms with Crippen LogP contribution in [-0.2, 0) is 22.6 Å². The van der Waals surface area contributed by atoms with Crippen LogP contribution in [0.5, 0.6) is 5.75 Å². The molecule has 3 aromatic rings. The average Bonchev–Trinajstić information content (AvgIpc) is 3.05. The predicted octanol–water partition coefficient (Wildman–Crippen LogP) is 3.99. The van der Waals surface area contributed by atoms with Crippen molar-refractivity contribution >= 4 is 17.4 Å². The number of allylic oxidation sites excluding steroid dienone is 2. The van der Waals surface area contributed by atoms with E-state index in [1.165, 1.54) is 11.1 Å². The fraction of sp³-hybridized carbons (Fsp3) is 0.353. The molecule has 0 spiro atoms. The Labute approximate surface area is 251 Å². The second-order valence-corrected chi connectivity index (χ2v) is 11.2. The summed E-state index contributed by atoms with van der Waals surface area (Å²) >= 11 is 0.